The molecule has 4 heteroatoms. The molecule has 19 heavy (non-hydrogen) atoms. The Hall–Kier alpha value is -2.20. The molecule has 1 atom stereocenters. The van der Waals surface area contributed by atoms with Crippen molar-refractivity contribution in [1.82, 2.24) is 0 Å². The van der Waals surface area contributed by atoms with Crippen molar-refractivity contribution in [3.63, 3.8) is 0 Å². The molecule has 0 bridgehead atoms. The molecule has 2 rings (SSSR count). The van der Waals surface area contributed by atoms with Crippen LogP contribution in [0, 0.1) is 10.1 Å². The Bertz CT molecular complexity index is 513. The van der Waals surface area contributed by atoms with Crippen LogP contribution < -0.4 is 0 Å². The Labute approximate surface area is 111 Å². The maximum Gasteiger partial charge on any atom is 0.233 e. The van der Waals surface area contributed by atoms with Crippen LogP contribution in [-0.2, 0) is 11.3 Å². The van der Waals surface area contributed by atoms with Gasteiger partial charge in [0.1, 0.15) is 6.10 Å². The summed E-state index contributed by atoms with van der Waals surface area (Å²) in [7, 11) is 0. The Morgan fingerprint density at radius 1 is 1.00 bits per heavy atom. The highest BCUT2D eigenvalue weighted by atomic mass is 16.6. The lowest BCUT2D eigenvalue weighted by molar-refractivity contribution is -0.493. The zero-order valence-electron chi connectivity index (χ0n) is 10.4. The van der Waals surface area contributed by atoms with E-state index in [9.17, 15) is 10.1 Å². The molecule has 0 saturated carbocycles. The molecule has 0 aliphatic rings. The van der Waals surface area contributed by atoms with Gasteiger partial charge in [-0.3, -0.25) is 10.1 Å². The van der Waals surface area contributed by atoms with E-state index in [1.807, 2.05) is 60.7 Å². The van der Waals surface area contributed by atoms with Gasteiger partial charge in [-0.2, -0.15) is 0 Å². The predicted octanol–water partition coefficient (Wildman–Crippen LogP) is 3.22. The molecule has 4 nitrogen and oxygen atoms in total. The van der Waals surface area contributed by atoms with Crippen LogP contribution in [0.3, 0.4) is 0 Å². The minimum absolute atomic E-state index is 0.225. The molecular weight excluding hydrogens is 242 g/mol. The van der Waals surface area contributed by atoms with Gasteiger partial charge in [0.05, 0.1) is 6.61 Å². The summed E-state index contributed by atoms with van der Waals surface area (Å²) >= 11 is 0. The van der Waals surface area contributed by atoms with Crippen molar-refractivity contribution in [2.45, 2.75) is 12.7 Å². The fourth-order valence-electron chi connectivity index (χ4n) is 1.83. The number of nitrogens with zero attached hydrogens (tertiary/aromatic N) is 1. The molecule has 0 aliphatic heterocycles. The van der Waals surface area contributed by atoms with E-state index in [2.05, 4.69) is 0 Å². The second-order valence-electron chi connectivity index (χ2n) is 4.21. The lowest BCUT2D eigenvalue weighted by Gasteiger charge is -2.14. The van der Waals surface area contributed by atoms with Crippen molar-refractivity contribution in [2.24, 2.45) is 0 Å². The molecule has 98 valence electrons. The molecule has 0 fully saturated rings. The SMILES string of the molecule is O=[N+]([O-])CC(OCc1ccccc1)c1ccccc1. The average Bonchev–Trinajstić information content (AvgIpc) is 2.45. The summed E-state index contributed by atoms with van der Waals surface area (Å²) in [5.41, 5.74) is 1.84. The Morgan fingerprint density at radius 3 is 2.16 bits per heavy atom. The van der Waals surface area contributed by atoms with Crippen molar-refractivity contribution in [1.29, 1.82) is 0 Å². The maximum absolute atomic E-state index is 10.7. The topological polar surface area (TPSA) is 52.4 Å². The number of nitro groups is 1. The molecule has 0 saturated heterocycles. The molecule has 0 radical (unpaired) electrons. The summed E-state index contributed by atoms with van der Waals surface area (Å²) in [6, 6.07) is 18.9. The van der Waals surface area contributed by atoms with Crippen molar-refractivity contribution in [2.75, 3.05) is 6.54 Å². The summed E-state index contributed by atoms with van der Waals surface area (Å²) in [5.74, 6) is 0. The van der Waals surface area contributed by atoms with Crippen LogP contribution in [0.4, 0.5) is 0 Å². The monoisotopic (exact) mass is 257 g/mol. The standard InChI is InChI=1S/C15H15NO3/c17-16(18)11-15(14-9-5-2-6-10-14)19-12-13-7-3-1-4-8-13/h1-10,15H,11-12H2. The van der Waals surface area contributed by atoms with Crippen molar-refractivity contribution >= 4 is 0 Å². The van der Waals surface area contributed by atoms with E-state index in [1.54, 1.807) is 0 Å². The Kier molecular flexibility index (Phi) is 4.64. The fraction of sp³-hybridized carbons (Fsp3) is 0.200. The first kappa shape index (κ1) is 13.2. The van der Waals surface area contributed by atoms with Crippen LogP contribution in [0.15, 0.2) is 60.7 Å². The van der Waals surface area contributed by atoms with E-state index in [1.165, 1.54) is 0 Å². The van der Waals surface area contributed by atoms with E-state index < -0.39 is 6.10 Å². The van der Waals surface area contributed by atoms with Crippen molar-refractivity contribution < 1.29 is 9.66 Å². The van der Waals surface area contributed by atoms with Crippen LogP contribution in [0.25, 0.3) is 0 Å². The Balaban J connectivity index is 2.04. The normalized spacial score (nSPS) is 12.0. The molecule has 2 aromatic carbocycles. The zero-order chi connectivity index (χ0) is 13.5. The average molecular weight is 257 g/mol. The zero-order valence-corrected chi connectivity index (χ0v) is 10.4. The second-order valence-corrected chi connectivity index (χ2v) is 4.21. The summed E-state index contributed by atoms with van der Waals surface area (Å²) < 4.78 is 5.68. The maximum atomic E-state index is 10.7. The lowest BCUT2D eigenvalue weighted by atomic mass is 10.1. The molecule has 0 amide bonds. The number of hydrogen-bond acceptors (Lipinski definition) is 3. The highest BCUT2D eigenvalue weighted by Gasteiger charge is 2.18. The largest absolute Gasteiger partial charge is 0.362 e. The molecule has 2 aromatic rings. The van der Waals surface area contributed by atoms with Gasteiger partial charge in [-0.05, 0) is 11.1 Å². The van der Waals surface area contributed by atoms with Crippen LogP contribution in [-0.4, -0.2) is 11.5 Å². The van der Waals surface area contributed by atoms with Crippen molar-refractivity contribution in [3.8, 4) is 0 Å². The summed E-state index contributed by atoms with van der Waals surface area (Å²) in [4.78, 5) is 10.4. The fourth-order valence-corrected chi connectivity index (χ4v) is 1.83. The van der Waals surface area contributed by atoms with Crippen LogP contribution in [0.5, 0.6) is 0 Å². The van der Waals surface area contributed by atoms with Gasteiger partial charge in [-0.1, -0.05) is 60.7 Å². The minimum Gasteiger partial charge on any atom is -0.362 e. The summed E-state index contributed by atoms with van der Waals surface area (Å²) in [6.45, 7) is 0.144. The van der Waals surface area contributed by atoms with Gasteiger partial charge in [0.25, 0.3) is 0 Å². The quantitative estimate of drug-likeness (QED) is 0.589. The van der Waals surface area contributed by atoms with Gasteiger partial charge in [0, 0.05) is 4.92 Å². The van der Waals surface area contributed by atoms with Crippen LogP contribution >= 0.6 is 0 Å². The molecule has 0 heterocycles. The van der Waals surface area contributed by atoms with Gasteiger partial charge in [-0.25, -0.2) is 0 Å². The molecule has 0 aliphatic carbocycles. The van der Waals surface area contributed by atoms with Gasteiger partial charge < -0.3 is 4.74 Å². The third-order valence-corrected chi connectivity index (χ3v) is 2.78. The van der Waals surface area contributed by atoms with Gasteiger partial charge >= 0.3 is 0 Å². The number of hydrogen-bond donors (Lipinski definition) is 0. The lowest BCUT2D eigenvalue weighted by Crippen LogP contribution is -2.15. The van der Waals surface area contributed by atoms with Crippen LogP contribution in [0.2, 0.25) is 0 Å². The minimum atomic E-state index is -0.517. The third kappa shape index (κ3) is 4.19. The summed E-state index contributed by atoms with van der Waals surface area (Å²) in [5, 5.41) is 10.7. The summed E-state index contributed by atoms with van der Waals surface area (Å²) in [6.07, 6.45) is -0.517. The molecule has 0 aromatic heterocycles. The molecule has 0 spiro atoms. The van der Waals surface area contributed by atoms with E-state index in [-0.39, 0.29) is 11.5 Å². The highest BCUT2D eigenvalue weighted by molar-refractivity contribution is 5.18. The van der Waals surface area contributed by atoms with E-state index >= 15 is 0 Å². The van der Waals surface area contributed by atoms with E-state index in [0.717, 1.165) is 11.1 Å². The molecule has 0 N–H and O–H groups in total. The molecular formula is C15H15NO3. The van der Waals surface area contributed by atoms with E-state index in [0.29, 0.717) is 6.61 Å². The third-order valence-electron chi connectivity index (χ3n) is 2.78. The van der Waals surface area contributed by atoms with Gasteiger partial charge in [-0.15, -0.1) is 0 Å². The van der Waals surface area contributed by atoms with Gasteiger partial charge in [0.15, 0.2) is 0 Å². The van der Waals surface area contributed by atoms with Gasteiger partial charge in [0.2, 0.25) is 6.54 Å². The first-order valence-electron chi connectivity index (χ1n) is 6.08. The second kappa shape index (κ2) is 6.66. The first-order valence-corrected chi connectivity index (χ1v) is 6.08. The smallest absolute Gasteiger partial charge is 0.233 e. The van der Waals surface area contributed by atoms with Crippen molar-refractivity contribution in [3.05, 3.63) is 81.9 Å². The van der Waals surface area contributed by atoms with Crippen LogP contribution in [0.1, 0.15) is 17.2 Å². The number of rotatable bonds is 6. The highest BCUT2D eigenvalue weighted by Crippen LogP contribution is 2.19. The molecule has 1 unspecified atom stereocenters. The number of benzene rings is 2. The Morgan fingerprint density at radius 2 is 1.58 bits per heavy atom. The van der Waals surface area contributed by atoms with E-state index in [4.69, 9.17) is 4.74 Å². The predicted molar refractivity (Wildman–Crippen MR) is 72.3 cm³/mol. The first-order chi connectivity index (χ1) is 9.25. The number of ether oxygens (including phenoxy) is 1.